The fraction of sp³-hybridized carbons (Fsp3) is 0. The molecule has 0 atom stereocenters. The standard InChI is InChI=1S/C56H68B34/c57-23-17(20-42(76)38(72)15(39(73)43(20)77)7-5-1-3-11(32(66)26(5)60)46(80)52(86)48(82)13(3)36(70)34(68)9(1)30(64)28(7)62)24(58)19(22-50(84)54(88)56(90)55(89)51(22)85)25(59)18(23)21-44(78)40(74)16(41(75)45(21)79)8-6-2-4-12(33(67)27(6)61)47(81)53(87)49(83)14(4)37(71)35(69)10(2)31(65)29(8)63/h57-90H2. The van der Waals surface area contributed by atoms with Crippen LogP contribution in [-0.2, 0) is 0 Å². The van der Waals surface area contributed by atoms with Gasteiger partial charge in [-0.15, -0.1) is 27.3 Å². The van der Waals surface area contributed by atoms with Crippen LogP contribution in [0.15, 0.2) is 0 Å². The van der Waals surface area contributed by atoms with Crippen LogP contribution in [0.1, 0.15) is 0 Å². The van der Waals surface area contributed by atoms with Gasteiger partial charge < -0.3 is 0 Å². The van der Waals surface area contributed by atoms with Crippen molar-refractivity contribution in [1.29, 1.82) is 0 Å². The molecule has 12 aromatic rings. The molecule has 0 aliphatic rings. The molecular formula is C56H68B34. The van der Waals surface area contributed by atoms with Gasteiger partial charge in [-0.05, 0) is 120 Å². The molecule has 12 rings (SSSR count). The highest BCUT2D eigenvalue weighted by Gasteiger charge is 2.33. The Labute approximate surface area is 568 Å². The topological polar surface area (TPSA) is 0 Å². The van der Waals surface area contributed by atoms with Gasteiger partial charge >= 0.3 is 0 Å². The molecule has 0 aromatic heterocycles. The van der Waals surface area contributed by atoms with Gasteiger partial charge in [0.1, 0.15) is 267 Å². The van der Waals surface area contributed by atoms with Crippen molar-refractivity contribution in [1.82, 2.24) is 0 Å². The second-order valence-electron chi connectivity index (χ2n) is 29.5. The third kappa shape index (κ3) is 8.05. The van der Waals surface area contributed by atoms with Crippen LogP contribution in [0.3, 0.4) is 0 Å². The van der Waals surface area contributed by atoms with Crippen molar-refractivity contribution in [3.63, 3.8) is 0 Å². The first-order chi connectivity index (χ1) is 42.0. The van der Waals surface area contributed by atoms with Crippen LogP contribution in [0.4, 0.5) is 0 Å². The Balaban J connectivity index is 1.21. The van der Waals surface area contributed by atoms with E-state index < -0.39 is 0 Å². The van der Waals surface area contributed by atoms with Gasteiger partial charge in [0.15, 0.2) is 0 Å². The largest absolute Gasteiger partial charge is 0.140 e. The van der Waals surface area contributed by atoms with Gasteiger partial charge in [-0.1, -0.05) is 158 Å². The quantitative estimate of drug-likeness (QED) is 0.119. The van der Waals surface area contributed by atoms with Crippen molar-refractivity contribution < 1.29 is 0 Å². The van der Waals surface area contributed by atoms with Gasteiger partial charge in [-0.3, -0.25) is 0 Å². The summed E-state index contributed by atoms with van der Waals surface area (Å²) in [5.74, 6) is 0. The maximum absolute atomic E-state index is 2.49. The summed E-state index contributed by atoms with van der Waals surface area (Å²) < 4.78 is 0. The van der Waals surface area contributed by atoms with E-state index >= 15 is 0 Å². The summed E-state index contributed by atoms with van der Waals surface area (Å²) >= 11 is 0. The average Bonchev–Trinajstić information content (AvgIpc) is 0.695. The smallest absolute Gasteiger partial charge is 0.102 e. The van der Waals surface area contributed by atoms with Gasteiger partial charge in [0.05, 0.1) is 0 Å². The Hall–Kier alpha value is -5.07. The molecular weight excluding hydrogens is 1040 g/mol. The van der Waals surface area contributed by atoms with Gasteiger partial charge in [-0.2, -0.15) is 0 Å². The van der Waals surface area contributed by atoms with Gasteiger partial charge in [0.25, 0.3) is 0 Å². The van der Waals surface area contributed by atoms with Crippen LogP contribution in [0, 0.1) is 0 Å². The molecule has 0 aliphatic heterocycles. The third-order valence-corrected chi connectivity index (χ3v) is 26.4. The molecule has 0 saturated heterocycles. The number of hydrogen-bond acceptors (Lipinski definition) is 0. The van der Waals surface area contributed by atoms with Gasteiger partial charge in [0.2, 0.25) is 0 Å². The minimum atomic E-state index is 1.38. The third-order valence-electron chi connectivity index (χ3n) is 26.4. The van der Waals surface area contributed by atoms with Crippen molar-refractivity contribution >= 4 is 517 Å². The lowest BCUT2D eigenvalue weighted by Gasteiger charge is -2.34. The van der Waals surface area contributed by atoms with E-state index in [2.05, 4.69) is 267 Å². The Morgan fingerprint density at radius 1 is 0.0667 bits per heavy atom. The van der Waals surface area contributed by atoms with E-state index in [9.17, 15) is 0 Å². The zero-order valence-corrected chi connectivity index (χ0v) is 62.0. The molecule has 0 N–H and O–H groups in total. The summed E-state index contributed by atoms with van der Waals surface area (Å²) in [4.78, 5) is 0. The van der Waals surface area contributed by atoms with E-state index in [0.717, 1.165) is 0 Å². The molecule has 34 heteroatoms. The SMILES string of the molecule is Bc1c(B)c(B)c(-c2c(B)c(-c3c(B)c(B)c(-c4c(B)c(B)c5c(B)c(B)c6c(B)c(B)c(B)c7c(B)c(B)c4c5c67)c(B)c3B)c(B)c(-c3c(B)c(B)c(-c4c(B)c(B)c5c(B)c(B)c6c(B)c(B)c(B)c7c(B)c(B)c4c5c67)c(B)c3B)c2B)c(B)c1B. The summed E-state index contributed by atoms with van der Waals surface area (Å²) in [6, 6.07) is 0. The number of benzene rings is 12. The van der Waals surface area contributed by atoms with Crippen LogP contribution in [-0.4, -0.2) is 267 Å². The molecule has 0 nitrogen and oxygen atoms in total. The first-order valence-electron chi connectivity index (χ1n) is 33.8. The average molecular weight is 1110 g/mol. The van der Waals surface area contributed by atoms with Gasteiger partial charge in [0, 0.05) is 0 Å². The van der Waals surface area contributed by atoms with Crippen LogP contribution in [0.5, 0.6) is 0 Å². The minimum absolute atomic E-state index is 1.38. The van der Waals surface area contributed by atoms with Crippen molar-refractivity contribution in [2.45, 2.75) is 0 Å². The molecule has 0 spiro atoms. The van der Waals surface area contributed by atoms with E-state index in [-0.39, 0.29) is 0 Å². The van der Waals surface area contributed by atoms with E-state index in [4.69, 9.17) is 0 Å². The molecule has 0 fully saturated rings. The second kappa shape index (κ2) is 21.7. The molecule has 0 saturated carbocycles. The molecule has 0 amide bonds. The van der Waals surface area contributed by atoms with Crippen molar-refractivity contribution in [3.8, 4) is 55.6 Å². The predicted molar refractivity (Wildman–Crippen MR) is 519 cm³/mol. The Morgan fingerprint density at radius 2 is 0.167 bits per heavy atom. The minimum Gasteiger partial charge on any atom is -0.102 e. The second-order valence-corrected chi connectivity index (χ2v) is 29.5. The summed E-state index contributed by atoms with van der Waals surface area (Å²) in [6.45, 7) is 0. The zero-order valence-electron chi connectivity index (χ0n) is 62.0. The van der Waals surface area contributed by atoms with Gasteiger partial charge in [-0.25, -0.2) is 0 Å². The van der Waals surface area contributed by atoms with Crippen molar-refractivity contribution in [2.24, 2.45) is 0 Å². The molecule has 0 aliphatic carbocycles. The predicted octanol–water partition coefficient (Wildman–Crippen LogP) is -43.4. The van der Waals surface area contributed by atoms with Crippen LogP contribution >= 0.6 is 0 Å². The van der Waals surface area contributed by atoms with Crippen LogP contribution in [0.2, 0.25) is 0 Å². The van der Waals surface area contributed by atoms with E-state index in [1.807, 2.05) is 0 Å². The Morgan fingerprint density at radius 3 is 0.378 bits per heavy atom. The normalized spacial score (nSPS) is 12.0. The van der Waals surface area contributed by atoms with E-state index in [1.54, 1.807) is 0 Å². The first-order valence-corrected chi connectivity index (χ1v) is 33.8. The lowest BCUT2D eigenvalue weighted by atomic mass is 9.53. The summed E-state index contributed by atoms with van der Waals surface area (Å²) in [6.07, 6.45) is 0. The summed E-state index contributed by atoms with van der Waals surface area (Å²) in [5.41, 5.74) is 61.8. The summed E-state index contributed by atoms with van der Waals surface area (Å²) in [5, 5.41) is 17.5. The molecule has 0 bridgehead atoms. The highest BCUT2D eigenvalue weighted by molar-refractivity contribution is 6.80. The number of hydrogen-bond donors (Lipinski definition) is 0. The summed E-state index contributed by atoms with van der Waals surface area (Å²) in [7, 11) is 82.1. The lowest BCUT2D eigenvalue weighted by molar-refractivity contribution is 1.77. The van der Waals surface area contributed by atoms with Crippen molar-refractivity contribution in [3.05, 3.63) is 0 Å². The highest BCUT2D eigenvalue weighted by Crippen LogP contribution is 2.35. The molecule has 12 aromatic carbocycles. The van der Waals surface area contributed by atoms with E-state index in [0.29, 0.717) is 0 Å². The fourth-order valence-electron chi connectivity index (χ4n) is 19.3. The molecule has 90 heavy (non-hydrogen) atoms. The van der Waals surface area contributed by atoms with E-state index in [1.165, 1.54) is 306 Å². The zero-order chi connectivity index (χ0) is 66.3. The monoisotopic (exact) mass is 1110 g/mol. The molecule has 0 radical (unpaired) electrons. The maximum atomic E-state index is 2.49. The number of rotatable bonds is 5. The molecule has 394 valence electrons. The lowest BCUT2D eigenvalue weighted by Crippen LogP contribution is -2.56. The Kier molecular flexibility index (Phi) is 15.7. The Bertz CT molecular complexity index is 5020. The maximum Gasteiger partial charge on any atom is 0.140 e. The highest BCUT2D eigenvalue weighted by atomic mass is 14.3. The first kappa shape index (κ1) is 65.0. The van der Waals surface area contributed by atoms with Crippen molar-refractivity contribution in [2.75, 3.05) is 0 Å². The molecule has 0 heterocycles. The fourth-order valence-corrected chi connectivity index (χ4v) is 19.3. The molecule has 0 unspecified atom stereocenters. The van der Waals surface area contributed by atoms with Crippen LogP contribution in [0.25, 0.3) is 120 Å². The van der Waals surface area contributed by atoms with Crippen LogP contribution < -0.4 is 186 Å².